The molecule has 9 heteroatoms. The van der Waals surface area contributed by atoms with Crippen LogP contribution in [-0.2, 0) is 9.84 Å². The molecule has 0 saturated carbocycles. The zero-order valence-electron chi connectivity index (χ0n) is 12.9. The molecule has 24 heavy (non-hydrogen) atoms. The van der Waals surface area contributed by atoms with Crippen molar-refractivity contribution in [3.05, 3.63) is 40.0 Å². The van der Waals surface area contributed by atoms with E-state index in [0.29, 0.717) is 33.9 Å². The molecule has 1 fully saturated rings. The van der Waals surface area contributed by atoms with Crippen LogP contribution in [0, 0.1) is 6.92 Å². The Bertz CT molecular complexity index is 874. The van der Waals surface area contributed by atoms with Crippen LogP contribution in [0.2, 0.25) is 10.0 Å². The lowest BCUT2D eigenvalue weighted by Gasteiger charge is -2.13. The topological polar surface area (TPSA) is 84.0 Å². The average Bonchev–Trinajstić information content (AvgIpc) is 2.80. The Morgan fingerprint density at radius 3 is 2.67 bits per heavy atom. The largest absolute Gasteiger partial charge is 0.350 e. The van der Waals surface area contributed by atoms with Crippen LogP contribution in [0.4, 0.5) is 17.5 Å². The SMILES string of the molecule is Cc1cc(Nc2ccc(Cl)cc2Cl)nc(NC2CCS(=O)(=O)C2)n1. The summed E-state index contributed by atoms with van der Waals surface area (Å²) < 4.78 is 23.1. The molecule has 0 aliphatic carbocycles. The third-order valence-electron chi connectivity index (χ3n) is 3.61. The summed E-state index contributed by atoms with van der Waals surface area (Å²) in [6, 6.07) is 6.75. The van der Waals surface area contributed by atoms with E-state index in [2.05, 4.69) is 20.6 Å². The molecule has 3 rings (SSSR count). The maximum Gasteiger partial charge on any atom is 0.225 e. The number of benzene rings is 1. The van der Waals surface area contributed by atoms with Crippen molar-refractivity contribution in [1.82, 2.24) is 9.97 Å². The molecule has 0 bridgehead atoms. The molecule has 1 unspecified atom stereocenters. The summed E-state index contributed by atoms with van der Waals surface area (Å²) >= 11 is 12.0. The highest BCUT2D eigenvalue weighted by atomic mass is 35.5. The number of hydrogen-bond acceptors (Lipinski definition) is 6. The monoisotopic (exact) mass is 386 g/mol. The Hall–Kier alpha value is -1.57. The van der Waals surface area contributed by atoms with E-state index >= 15 is 0 Å². The Labute approximate surface area is 150 Å². The lowest BCUT2D eigenvalue weighted by molar-refractivity contribution is 0.602. The first-order valence-corrected chi connectivity index (χ1v) is 9.93. The van der Waals surface area contributed by atoms with Crippen molar-refractivity contribution in [2.24, 2.45) is 0 Å². The number of aryl methyl sites for hydroxylation is 1. The van der Waals surface area contributed by atoms with Gasteiger partial charge in [-0.1, -0.05) is 23.2 Å². The predicted octanol–water partition coefficient (Wildman–Crippen LogP) is 3.43. The van der Waals surface area contributed by atoms with Gasteiger partial charge in [0.15, 0.2) is 9.84 Å². The highest BCUT2D eigenvalue weighted by Gasteiger charge is 2.28. The van der Waals surface area contributed by atoms with Crippen molar-refractivity contribution in [3.8, 4) is 0 Å². The molecule has 6 nitrogen and oxygen atoms in total. The lowest BCUT2D eigenvalue weighted by atomic mass is 10.3. The van der Waals surface area contributed by atoms with Crippen LogP contribution in [0.5, 0.6) is 0 Å². The maximum atomic E-state index is 11.6. The minimum atomic E-state index is -2.96. The van der Waals surface area contributed by atoms with Crippen LogP contribution in [0.25, 0.3) is 0 Å². The highest BCUT2D eigenvalue weighted by molar-refractivity contribution is 7.91. The minimum absolute atomic E-state index is 0.107. The number of nitrogens with one attached hydrogen (secondary N) is 2. The normalized spacial score (nSPS) is 19.2. The maximum absolute atomic E-state index is 11.6. The number of anilines is 3. The van der Waals surface area contributed by atoms with Crippen LogP contribution in [-0.4, -0.2) is 35.9 Å². The molecule has 1 aromatic heterocycles. The number of sulfone groups is 1. The van der Waals surface area contributed by atoms with Gasteiger partial charge < -0.3 is 10.6 Å². The molecular weight excluding hydrogens is 371 g/mol. The van der Waals surface area contributed by atoms with Gasteiger partial charge in [0.25, 0.3) is 0 Å². The minimum Gasteiger partial charge on any atom is -0.350 e. The van der Waals surface area contributed by atoms with Gasteiger partial charge in [-0.3, -0.25) is 0 Å². The molecule has 0 spiro atoms. The zero-order valence-corrected chi connectivity index (χ0v) is 15.2. The fourth-order valence-electron chi connectivity index (χ4n) is 2.52. The first kappa shape index (κ1) is 17.3. The Kier molecular flexibility index (Phi) is 4.85. The van der Waals surface area contributed by atoms with Gasteiger partial charge in [0, 0.05) is 22.8 Å². The van der Waals surface area contributed by atoms with E-state index in [1.54, 1.807) is 24.3 Å². The smallest absolute Gasteiger partial charge is 0.225 e. The van der Waals surface area contributed by atoms with Gasteiger partial charge in [0.1, 0.15) is 5.82 Å². The fraction of sp³-hybridized carbons (Fsp3) is 0.333. The summed E-state index contributed by atoms with van der Waals surface area (Å²) in [6.07, 6.45) is 0.561. The third kappa shape index (κ3) is 4.28. The first-order valence-electron chi connectivity index (χ1n) is 7.35. The van der Waals surface area contributed by atoms with Gasteiger partial charge in [-0.05, 0) is 31.5 Å². The van der Waals surface area contributed by atoms with Crippen LogP contribution >= 0.6 is 23.2 Å². The average molecular weight is 387 g/mol. The Morgan fingerprint density at radius 2 is 2.00 bits per heavy atom. The molecule has 1 aliphatic heterocycles. The fourth-order valence-corrected chi connectivity index (χ4v) is 4.65. The van der Waals surface area contributed by atoms with Crippen molar-refractivity contribution in [2.75, 3.05) is 22.1 Å². The third-order valence-corrected chi connectivity index (χ3v) is 5.93. The second-order valence-corrected chi connectivity index (χ2v) is 8.78. The second kappa shape index (κ2) is 6.74. The molecule has 128 valence electrons. The molecule has 1 aliphatic rings. The molecule has 0 amide bonds. The van der Waals surface area contributed by atoms with Crippen molar-refractivity contribution in [3.63, 3.8) is 0 Å². The second-order valence-electron chi connectivity index (χ2n) is 5.71. The number of hydrogen-bond donors (Lipinski definition) is 2. The van der Waals surface area contributed by atoms with Crippen molar-refractivity contribution in [1.29, 1.82) is 0 Å². The van der Waals surface area contributed by atoms with Crippen LogP contribution in [0.15, 0.2) is 24.3 Å². The quantitative estimate of drug-likeness (QED) is 0.836. The van der Waals surface area contributed by atoms with E-state index in [0.717, 1.165) is 5.69 Å². The van der Waals surface area contributed by atoms with Crippen LogP contribution < -0.4 is 10.6 Å². The molecule has 2 aromatic rings. The van der Waals surface area contributed by atoms with E-state index in [4.69, 9.17) is 23.2 Å². The summed E-state index contributed by atoms with van der Waals surface area (Å²) in [6.45, 7) is 1.84. The molecular formula is C15H16Cl2N4O2S. The van der Waals surface area contributed by atoms with Gasteiger partial charge in [-0.2, -0.15) is 4.98 Å². The first-order chi connectivity index (χ1) is 11.3. The summed E-state index contributed by atoms with van der Waals surface area (Å²) in [5.41, 5.74) is 1.43. The summed E-state index contributed by atoms with van der Waals surface area (Å²) in [5, 5.41) is 7.25. The van der Waals surface area contributed by atoms with Gasteiger partial charge >= 0.3 is 0 Å². The van der Waals surface area contributed by atoms with E-state index in [1.165, 1.54) is 0 Å². The number of halogens is 2. The van der Waals surface area contributed by atoms with E-state index in [-0.39, 0.29) is 17.5 Å². The molecule has 2 N–H and O–H groups in total. The molecule has 1 atom stereocenters. The van der Waals surface area contributed by atoms with Gasteiger partial charge in [-0.25, -0.2) is 13.4 Å². The van der Waals surface area contributed by atoms with Gasteiger partial charge in [0.05, 0.1) is 22.2 Å². The predicted molar refractivity (Wildman–Crippen MR) is 97.2 cm³/mol. The van der Waals surface area contributed by atoms with E-state index in [1.807, 2.05) is 6.92 Å². The standard InChI is InChI=1S/C15H16Cl2N4O2S/c1-9-6-14(20-13-3-2-10(16)7-12(13)17)21-15(18-9)19-11-4-5-24(22,23)8-11/h2-3,6-7,11H,4-5,8H2,1H3,(H2,18,19,20,21). The number of aromatic nitrogens is 2. The Balaban J connectivity index is 1.79. The van der Waals surface area contributed by atoms with Crippen molar-refractivity contribution in [2.45, 2.75) is 19.4 Å². The number of rotatable bonds is 4. The molecule has 1 aromatic carbocycles. The summed E-state index contributed by atoms with van der Waals surface area (Å²) in [7, 11) is -2.96. The van der Waals surface area contributed by atoms with E-state index in [9.17, 15) is 8.42 Å². The van der Waals surface area contributed by atoms with Crippen molar-refractivity contribution >= 4 is 50.5 Å². The number of nitrogens with zero attached hydrogens (tertiary/aromatic N) is 2. The molecule has 0 radical (unpaired) electrons. The molecule has 1 saturated heterocycles. The Morgan fingerprint density at radius 1 is 1.21 bits per heavy atom. The highest BCUT2D eigenvalue weighted by Crippen LogP contribution is 2.28. The van der Waals surface area contributed by atoms with Crippen LogP contribution in [0.1, 0.15) is 12.1 Å². The molecule has 2 heterocycles. The zero-order chi connectivity index (χ0) is 17.3. The van der Waals surface area contributed by atoms with Gasteiger partial charge in [0.2, 0.25) is 5.95 Å². The lowest BCUT2D eigenvalue weighted by Crippen LogP contribution is -2.22. The van der Waals surface area contributed by atoms with Crippen molar-refractivity contribution < 1.29 is 8.42 Å². The van der Waals surface area contributed by atoms with Crippen LogP contribution in [0.3, 0.4) is 0 Å². The van der Waals surface area contributed by atoms with E-state index < -0.39 is 9.84 Å². The summed E-state index contributed by atoms with van der Waals surface area (Å²) in [4.78, 5) is 8.70. The summed E-state index contributed by atoms with van der Waals surface area (Å²) in [5.74, 6) is 1.26. The van der Waals surface area contributed by atoms with Gasteiger partial charge in [-0.15, -0.1) is 0 Å².